The van der Waals surface area contributed by atoms with Crippen molar-refractivity contribution < 1.29 is 9.84 Å². The van der Waals surface area contributed by atoms with Gasteiger partial charge in [0.15, 0.2) is 0 Å². The van der Waals surface area contributed by atoms with Crippen LogP contribution in [0.3, 0.4) is 0 Å². The Morgan fingerprint density at radius 1 is 1.33 bits per heavy atom. The molecule has 2 heteroatoms. The first-order chi connectivity index (χ1) is 5.77. The van der Waals surface area contributed by atoms with Crippen LogP contribution in [0.5, 0.6) is 0 Å². The average molecular weight is 172 g/mol. The fourth-order valence-electron chi connectivity index (χ4n) is 0.831. The summed E-state index contributed by atoms with van der Waals surface area (Å²) in [4.78, 5) is 0. The van der Waals surface area contributed by atoms with Crippen LogP contribution in [0.1, 0.15) is 26.7 Å². The van der Waals surface area contributed by atoms with Gasteiger partial charge in [-0.1, -0.05) is 26.0 Å². The summed E-state index contributed by atoms with van der Waals surface area (Å²) in [6.45, 7) is 5.61. The zero-order valence-corrected chi connectivity index (χ0v) is 8.12. The van der Waals surface area contributed by atoms with E-state index < -0.39 is 0 Å². The SMILES string of the molecule is CC(C)CCC=CCOCCO. The van der Waals surface area contributed by atoms with Crippen LogP contribution in [0.25, 0.3) is 0 Å². The summed E-state index contributed by atoms with van der Waals surface area (Å²) < 4.78 is 5.05. The van der Waals surface area contributed by atoms with Crippen molar-refractivity contribution >= 4 is 0 Å². The Labute approximate surface area is 75.2 Å². The Hall–Kier alpha value is -0.340. The highest BCUT2D eigenvalue weighted by Gasteiger charge is 1.89. The third-order valence-corrected chi connectivity index (χ3v) is 1.53. The van der Waals surface area contributed by atoms with Crippen LogP contribution in [0.2, 0.25) is 0 Å². The molecule has 0 aliphatic rings. The van der Waals surface area contributed by atoms with Crippen LogP contribution < -0.4 is 0 Å². The lowest BCUT2D eigenvalue weighted by Gasteiger charge is -1.99. The van der Waals surface area contributed by atoms with E-state index in [4.69, 9.17) is 9.84 Å². The first kappa shape index (κ1) is 11.7. The Morgan fingerprint density at radius 2 is 2.08 bits per heavy atom. The van der Waals surface area contributed by atoms with Crippen LogP contribution in [0, 0.1) is 5.92 Å². The van der Waals surface area contributed by atoms with Gasteiger partial charge in [-0.15, -0.1) is 0 Å². The second-order valence-corrected chi connectivity index (χ2v) is 3.24. The lowest BCUT2D eigenvalue weighted by Crippen LogP contribution is -1.98. The summed E-state index contributed by atoms with van der Waals surface area (Å²) in [7, 11) is 0. The van der Waals surface area contributed by atoms with Crippen molar-refractivity contribution in [3.8, 4) is 0 Å². The van der Waals surface area contributed by atoms with Crippen LogP contribution in [-0.4, -0.2) is 24.9 Å². The summed E-state index contributed by atoms with van der Waals surface area (Å²) in [6, 6.07) is 0. The molecule has 0 spiro atoms. The molecule has 0 rings (SSSR count). The Bertz CT molecular complexity index is 108. The second kappa shape index (κ2) is 8.75. The van der Waals surface area contributed by atoms with E-state index in [2.05, 4.69) is 19.9 Å². The summed E-state index contributed by atoms with van der Waals surface area (Å²) in [5, 5.41) is 8.39. The van der Waals surface area contributed by atoms with Crippen molar-refractivity contribution in [1.82, 2.24) is 0 Å². The van der Waals surface area contributed by atoms with Gasteiger partial charge in [0, 0.05) is 0 Å². The molecule has 0 saturated carbocycles. The fraction of sp³-hybridized carbons (Fsp3) is 0.800. The average Bonchev–Trinajstić information content (AvgIpc) is 2.02. The van der Waals surface area contributed by atoms with Crippen LogP contribution in [-0.2, 0) is 4.74 Å². The summed E-state index contributed by atoms with van der Waals surface area (Å²) >= 11 is 0. The maximum absolute atomic E-state index is 8.39. The maximum Gasteiger partial charge on any atom is 0.0701 e. The third kappa shape index (κ3) is 9.66. The normalized spacial score (nSPS) is 11.7. The Kier molecular flexibility index (Phi) is 8.51. The van der Waals surface area contributed by atoms with E-state index in [-0.39, 0.29) is 6.61 Å². The highest BCUT2D eigenvalue weighted by atomic mass is 16.5. The topological polar surface area (TPSA) is 29.5 Å². The smallest absolute Gasteiger partial charge is 0.0701 e. The number of aliphatic hydroxyl groups is 1. The van der Waals surface area contributed by atoms with Gasteiger partial charge >= 0.3 is 0 Å². The molecule has 0 aromatic heterocycles. The molecule has 12 heavy (non-hydrogen) atoms. The zero-order valence-electron chi connectivity index (χ0n) is 8.12. The minimum Gasteiger partial charge on any atom is -0.394 e. The molecule has 0 unspecified atom stereocenters. The molecule has 72 valence electrons. The van der Waals surface area contributed by atoms with Crippen molar-refractivity contribution in [2.45, 2.75) is 26.7 Å². The minimum atomic E-state index is 0.111. The van der Waals surface area contributed by atoms with E-state index in [0.29, 0.717) is 13.2 Å². The lowest BCUT2D eigenvalue weighted by molar-refractivity contribution is 0.112. The van der Waals surface area contributed by atoms with Crippen molar-refractivity contribution in [2.24, 2.45) is 5.92 Å². The first-order valence-corrected chi connectivity index (χ1v) is 4.61. The summed E-state index contributed by atoms with van der Waals surface area (Å²) in [5.74, 6) is 0.771. The number of aliphatic hydroxyl groups excluding tert-OH is 1. The van der Waals surface area contributed by atoms with Crippen molar-refractivity contribution in [3.05, 3.63) is 12.2 Å². The van der Waals surface area contributed by atoms with Gasteiger partial charge in [0.25, 0.3) is 0 Å². The van der Waals surface area contributed by atoms with Gasteiger partial charge in [0.1, 0.15) is 0 Å². The van der Waals surface area contributed by atoms with E-state index in [0.717, 1.165) is 12.3 Å². The molecule has 0 heterocycles. The third-order valence-electron chi connectivity index (χ3n) is 1.53. The number of allylic oxidation sites excluding steroid dienone is 1. The van der Waals surface area contributed by atoms with Gasteiger partial charge in [-0.05, 0) is 18.8 Å². The van der Waals surface area contributed by atoms with E-state index in [1.807, 2.05) is 6.08 Å². The van der Waals surface area contributed by atoms with E-state index >= 15 is 0 Å². The molecule has 0 aliphatic carbocycles. The predicted molar refractivity (Wildman–Crippen MR) is 51.1 cm³/mol. The Balaban J connectivity index is 3.04. The molecule has 0 aliphatic heterocycles. The van der Waals surface area contributed by atoms with Crippen molar-refractivity contribution in [2.75, 3.05) is 19.8 Å². The molecule has 0 atom stereocenters. The van der Waals surface area contributed by atoms with Gasteiger partial charge in [-0.3, -0.25) is 0 Å². The van der Waals surface area contributed by atoms with Crippen molar-refractivity contribution in [3.63, 3.8) is 0 Å². The van der Waals surface area contributed by atoms with Gasteiger partial charge in [0.2, 0.25) is 0 Å². The highest BCUT2D eigenvalue weighted by Crippen LogP contribution is 2.03. The minimum absolute atomic E-state index is 0.111. The standard InChI is InChI=1S/C10H20O2/c1-10(2)6-4-3-5-8-12-9-7-11/h3,5,10-11H,4,6-9H2,1-2H3. The van der Waals surface area contributed by atoms with E-state index in [9.17, 15) is 0 Å². The molecule has 0 bridgehead atoms. The van der Waals surface area contributed by atoms with Crippen LogP contribution in [0.4, 0.5) is 0 Å². The number of hydrogen-bond donors (Lipinski definition) is 1. The molecule has 0 amide bonds. The van der Waals surface area contributed by atoms with E-state index in [1.54, 1.807) is 0 Å². The molecule has 0 fully saturated rings. The van der Waals surface area contributed by atoms with Crippen LogP contribution >= 0.6 is 0 Å². The van der Waals surface area contributed by atoms with Crippen molar-refractivity contribution in [1.29, 1.82) is 0 Å². The zero-order chi connectivity index (χ0) is 9.23. The molecule has 1 N–H and O–H groups in total. The molecule has 0 radical (unpaired) electrons. The molecular weight excluding hydrogens is 152 g/mol. The highest BCUT2D eigenvalue weighted by molar-refractivity contribution is 4.81. The summed E-state index contributed by atoms with van der Waals surface area (Å²) in [6.07, 6.45) is 6.51. The summed E-state index contributed by atoms with van der Waals surface area (Å²) in [5.41, 5.74) is 0. The van der Waals surface area contributed by atoms with Gasteiger partial charge in [0.05, 0.1) is 19.8 Å². The van der Waals surface area contributed by atoms with Crippen LogP contribution in [0.15, 0.2) is 12.2 Å². The first-order valence-electron chi connectivity index (χ1n) is 4.61. The molecule has 0 saturated heterocycles. The lowest BCUT2D eigenvalue weighted by atomic mass is 10.1. The predicted octanol–water partition coefficient (Wildman–Crippen LogP) is 1.99. The second-order valence-electron chi connectivity index (χ2n) is 3.24. The van der Waals surface area contributed by atoms with E-state index in [1.165, 1.54) is 6.42 Å². The number of ether oxygens (including phenoxy) is 1. The molecule has 0 aromatic rings. The molecular formula is C10H20O2. The molecule has 2 nitrogen and oxygen atoms in total. The van der Waals surface area contributed by atoms with Gasteiger partial charge in [-0.25, -0.2) is 0 Å². The Morgan fingerprint density at radius 3 is 2.67 bits per heavy atom. The quantitative estimate of drug-likeness (QED) is 0.470. The molecule has 0 aromatic carbocycles. The number of hydrogen-bond acceptors (Lipinski definition) is 2. The largest absolute Gasteiger partial charge is 0.394 e. The van der Waals surface area contributed by atoms with Gasteiger partial charge < -0.3 is 9.84 Å². The van der Waals surface area contributed by atoms with Gasteiger partial charge in [-0.2, -0.15) is 0 Å². The monoisotopic (exact) mass is 172 g/mol. The fourth-order valence-corrected chi connectivity index (χ4v) is 0.831. The maximum atomic E-state index is 8.39. The number of rotatable bonds is 7.